The van der Waals surface area contributed by atoms with E-state index in [1.807, 2.05) is 42.2 Å². The number of hydrogen-bond acceptors (Lipinski definition) is 4. The molecule has 7 heteroatoms. The SMILES string of the molecule is CCNC(=NCCOc1ccccc1)N1CCN(C(=O)c2ccco2)CC1. The van der Waals surface area contributed by atoms with Gasteiger partial charge in [-0.3, -0.25) is 4.79 Å². The van der Waals surface area contributed by atoms with Crippen molar-refractivity contribution in [3.05, 3.63) is 54.5 Å². The van der Waals surface area contributed by atoms with E-state index in [4.69, 9.17) is 9.15 Å². The number of guanidine groups is 1. The molecule has 1 aliphatic heterocycles. The molecule has 1 aromatic heterocycles. The summed E-state index contributed by atoms with van der Waals surface area (Å²) < 4.78 is 10.9. The second-order valence-electron chi connectivity index (χ2n) is 6.15. The summed E-state index contributed by atoms with van der Waals surface area (Å²) >= 11 is 0. The number of para-hydroxylation sites is 1. The molecule has 27 heavy (non-hydrogen) atoms. The first-order chi connectivity index (χ1) is 13.3. The highest BCUT2D eigenvalue weighted by atomic mass is 16.5. The first-order valence-electron chi connectivity index (χ1n) is 9.32. The second kappa shape index (κ2) is 9.66. The Bertz CT molecular complexity index is 723. The van der Waals surface area contributed by atoms with Gasteiger partial charge < -0.3 is 24.3 Å². The van der Waals surface area contributed by atoms with E-state index in [9.17, 15) is 4.79 Å². The van der Waals surface area contributed by atoms with Crippen molar-refractivity contribution in [2.45, 2.75) is 6.92 Å². The van der Waals surface area contributed by atoms with Crippen molar-refractivity contribution in [3.8, 4) is 5.75 Å². The molecule has 144 valence electrons. The first kappa shape index (κ1) is 18.8. The van der Waals surface area contributed by atoms with Gasteiger partial charge in [0.05, 0.1) is 12.8 Å². The summed E-state index contributed by atoms with van der Waals surface area (Å²) in [5.41, 5.74) is 0. The van der Waals surface area contributed by atoms with Crippen LogP contribution in [0.5, 0.6) is 5.75 Å². The van der Waals surface area contributed by atoms with Crippen LogP contribution in [0.1, 0.15) is 17.5 Å². The minimum absolute atomic E-state index is 0.0575. The van der Waals surface area contributed by atoms with Gasteiger partial charge in [-0.2, -0.15) is 0 Å². The van der Waals surface area contributed by atoms with E-state index >= 15 is 0 Å². The number of carbonyl (C=O) groups is 1. The molecule has 0 spiro atoms. The number of amides is 1. The van der Waals surface area contributed by atoms with Gasteiger partial charge in [-0.25, -0.2) is 4.99 Å². The first-order valence-corrected chi connectivity index (χ1v) is 9.32. The summed E-state index contributed by atoms with van der Waals surface area (Å²) in [5, 5.41) is 3.32. The van der Waals surface area contributed by atoms with E-state index in [2.05, 4.69) is 15.2 Å². The molecule has 1 amide bonds. The molecule has 2 heterocycles. The van der Waals surface area contributed by atoms with Crippen molar-refractivity contribution in [2.75, 3.05) is 45.9 Å². The molecule has 1 aromatic carbocycles. The summed E-state index contributed by atoms with van der Waals surface area (Å²) in [6, 6.07) is 13.2. The van der Waals surface area contributed by atoms with Crippen LogP contribution in [0.25, 0.3) is 0 Å². The number of nitrogens with one attached hydrogen (secondary N) is 1. The molecular formula is C20H26N4O3. The van der Waals surface area contributed by atoms with E-state index in [0.29, 0.717) is 32.0 Å². The quantitative estimate of drug-likeness (QED) is 0.479. The lowest BCUT2D eigenvalue weighted by Crippen LogP contribution is -2.53. The molecule has 2 aromatic rings. The van der Waals surface area contributed by atoms with Crippen LogP contribution in [0, 0.1) is 0 Å². The number of ether oxygens (including phenoxy) is 1. The van der Waals surface area contributed by atoms with Gasteiger partial charge in [0.2, 0.25) is 0 Å². The van der Waals surface area contributed by atoms with Crippen molar-refractivity contribution < 1.29 is 13.9 Å². The molecule has 0 radical (unpaired) electrons. The zero-order valence-corrected chi connectivity index (χ0v) is 15.6. The minimum Gasteiger partial charge on any atom is -0.492 e. The van der Waals surface area contributed by atoms with Crippen LogP contribution in [0.4, 0.5) is 0 Å². The van der Waals surface area contributed by atoms with Gasteiger partial charge in [0, 0.05) is 32.7 Å². The Balaban J connectivity index is 1.49. The Labute approximate surface area is 159 Å². The largest absolute Gasteiger partial charge is 0.492 e. The number of hydrogen-bond donors (Lipinski definition) is 1. The van der Waals surface area contributed by atoms with Crippen LogP contribution in [0.3, 0.4) is 0 Å². The molecule has 1 saturated heterocycles. The third-order valence-electron chi connectivity index (χ3n) is 4.30. The van der Waals surface area contributed by atoms with Gasteiger partial charge in [-0.05, 0) is 31.2 Å². The van der Waals surface area contributed by atoms with Gasteiger partial charge in [0.15, 0.2) is 11.7 Å². The molecule has 0 saturated carbocycles. The molecule has 0 aliphatic carbocycles. The van der Waals surface area contributed by atoms with Gasteiger partial charge in [0.1, 0.15) is 12.4 Å². The molecule has 0 unspecified atom stereocenters. The number of piperazine rings is 1. The Morgan fingerprint density at radius 3 is 2.52 bits per heavy atom. The number of benzene rings is 1. The Kier molecular flexibility index (Phi) is 6.73. The number of rotatable bonds is 6. The van der Waals surface area contributed by atoms with Crippen LogP contribution < -0.4 is 10.1 Å². The Hall–Kier alpha value is -2.96. The predicted octanol–water partition coefficient (Wildman–Crippen LogP) is 2.08. The van der Waals surface area contributed by atoms with E-state index in [0.717, 1.165) is 31.3 Å². The van der Waals surface area contributed by atoms with Crippen molar-refractivity contribution >= 4 is 11.9 Å². The molecule has 1 N–H and O–H groups in total. The van der Waals surface area contributed by atoms with Crippen molar-refractivity contribution in [2.24, 2.45) is 4.99 Å². The van der Waals surface area contributed by atoms with Crippen molar-refractivity contribution in [3.63, 3.8) is 0 Å². The van der Waals surface area contributed by atoms with Gasteiger partial charge in [-0.15, -0.1) is 0 Å². The molecule has 0 atom stereocenters. The van der Waals surface area contributed by atoms with E-state index < -0.39 is 0 Å². The van der Waals surface area contributed by atoms with Gasteiger partial charge in [-0.1, -0.05) is 18.2 Å². The standard InChI is InChI=1S/C20H26N4O3/c1-2-21-20(22-10-16-26-17-7-4-3-5-8-17)24-13-11-23(12-14-24)19(25)18-9-6-15-27-18/h3-9,15H,2,10-14,16H2,1H3,(H,21,22). The molecule has 7 nitrogen and oxygen atoms in total. The molecular weight excluding hydrogens is 344 g/mol. The fourth-order valence-electron chi connectivity index (χ4n) is 2.94. The Morgan fingerprint density at radius 2 is 1.85 bits per heavy atom. The van der Waals surface area contributed by atoms with Gasteiger partial charge >= 0.3 is 0 Å². The summed E-state index contributed by atoms with van der Waals surface area (Å²) in [7, 11) is 0. The topological polar surface area (TPSA) is 70.3 Å². The summed E-state index contributed by atoms with van der Waals surface area (Å²) in [6.45, 7) is 6.69. The smallest absolute Gasteiger partial charge is 0.289 e. The van der Waals surface area contributed by atoms with E-state index in [1.165, 1.54) is 6.26 Å². The van der Waals surface area contributed by atoms with Crippen LogP contribution in [-0.2, 0) is 0 Å². The minimum atomic E-state index is -0.0575. The maximum atomic E-state index is 12.4. The number of nitrogens with zero attached hydrogens (tertiary/aromatic N) is 3. The zero-order chi connectivity index (χ0) is 18.9. The number of furan rings is 1. The molecule has 3 rings (SSSR count). The lowest BCUT2D eigenvalue weighted by atomic mass is 10.3. The maximum Gasteiger partial charge on any atom is 0.289 e. The zero-order valence-electron chi connectivity index (χ0n) is 15.6. The third-order valence-corrected chi connectivity index (χ3v) is 4.30. The summed E-state index contributed by atoms with van der Waals surface area (Å²) in [5.74, 6) is 2.04. The summed E-state index contributed by atoms with van der Waals surface area (Å²) in [4.78, 5) is 21.0. The van der Waals surface area contributed by atoms with Gasteiger partial charge in [0.25, 0.3) is 5.91 Å². The lowest BCUT2D eigenvalue weighted by Gasteiger charge is -2.36. The monoisotopic (exact) mass is 370 g/mol. The van der Waals surface area contributed by atoms with Crippen LogP contribution in [-0.4, -0.2) is 67.5 Å². The van der Waals surface area contributed by atoms with Crippen LogP contribution in [0.2, 0.25) is 0 Å². The van der Waals surface area contributed by atoms with E-state index in [-0.39, 0.29) is 5.91 Å². The predicted molar refractivity (Wildman–Crippen MR) is 104 cm³/mol. The lowest BCUT2D eigenvalue weighted by molar-refractivity contribution is 0.0657. The fourth-order valence-corrected chi connectivity index (χ4v) is 2.94. The third kappa shape index (κ3) is 5.26. The normalized spacial score (nSPS) is 14.9. The van der Waals surface area contributed by atoms with Crippen LogP contribution >= 0.6 is 0 Å². The highest BCUT2D eigenvalue weighted by Crippen LogP contribution is 2.10. The van der Waals surface area contributed by atoms with Crippen LogP contribution in [0.15, 0.2) is 58.1 Å². The molecule has 1 aliphatic rings. The molecule has 1 fully saturated rings. The van der Waals surface area contributed by atoms with Crippen molar-refractivity contribution in [1.29, 1.82) is 0 Å². The van der Waals surface area contributed by atoms with Crippen molar-refractivity contribution in [1.82, 2.24) is 15.1 Å². The average molecular weight is 370 g/mol. The second-order valence-corrected chi connectivity index (χ2v) is 6.15. The number of carbonyl (C=O) groups excluding carboxylic acids is 1. The highest BCUT2D eigenvalue weighted by molar-refractivity contribution is 5.91. The summed E-state index contributed by atoms with van der Waals surface area (Å²) in [6.07, 6.45) is 1.52. The van der Waals surface area contributed by atoms with E-state index in [1.54, 1.807) is 12.1 Å². The average Bonchev–Trinajstić information content (AvgIpc) is 3.26. The maximum absolute atomic E-state index is 12.4. The molecule has 0 bridgehead atoms. The number of aliphatic imine (C=N–C) groups is 1. The highest BCUT2D eigenvalue weighted by Gasteiger charge is 2.25. The fraction of sp³-hybridized carbons (Fsp3) is 0.400. The Morgan fingerprint density at radius 1 is 1.11 bits per heavy atom.